The summed E-state index contributed by atoms with van der Waals surface area (Å²) in [5.74, 6) is -0.811. The van der Waals surface area contributed by atoms with Crippen LogP contribution >= 0.6 is 0 Å². The molecule has 0 aromatic carbocycles. The van der Waals surface area contributed by atoms with E-state index in [4.69, 9.17) is 14.2 Å². The number of likely N-dealkylation sites (N-methyl/N-ethyl adjacent to an activating group) is 1. The number of amides is 1. The first kappa shape index (κ1) is 38.0. The topological polar surface area (TPSA) is 85.4 Å². The lowest BCUT2D eigenvalue weighted by Gasteiger charge is -2.43. The van der Waals surface area contributed by atoms with Gasteiger partial charge in [-0.05, 0) is 12.8 Å². The molecule has 1 aliphatic rings. The summed E-state index contributed by atoms with van der Waals surface area (Å²) in [4.78, 5) is 40.3. The summed E-state index contributed by atoms with van der Waals surface area (Å²) in [7, 11) is 1.53. The fraction of sp³-hybridized carbons (Fsp3) is 0.903. The van der Waals surface area contributed by atoms with Crippen LogP contribution in [0, 0.1) is 0 Å². The van der Waals surface area contributed by atoms with Gasteiger partial charge in [0.05, 0.1) is 12.5 Å². The Hall–Kier alpha value is -2.04. The summed E-state index contributed by atoms with van der Waals surface area (Å²) < 4.78 is 53.5. The number of carbonyl (C=O) groups is 3. The van der Waals surface area contributed by atoms with E-state index in [9.17, 15) is 27.6 Å². The minimum Gasteiger partial charge on any atom is -0.462 e. The lowest BCUT2D eigenvalue weighted by Crippen LogP contribution is -2.60. The number of likely N-dealkylation sites (tertiary alicyclic amines) is 1. The van der Waals surface area contributed by atoms with Gasteiger partial charge in [0.15, 0.2) is 6.10 Å². The van der Waals surface area contributed by atoms with E-state index >= 15 is 0 Å². The number of hydrogen-bond donors (Lipinski definition) is 0. The van der Waals surface area contributed by atoms with E-state index in [0.717, 1.165) is 44.9 Å². The average Bonchev–Trinajstić information content (AvgIpc) is 2.91. The first-order chi connectivity index (χ1) is 20.1. The summed E-state index contributed by atoms with van der Waals surface area (Å²) in [6, 6.07) is -0.260. The van der Waals surface area contributed by atoms with Crippen LogP contribution in [0.25, 0.3) is 0 Å². The Morgan fingerprint density at radius 3 is 1.76 bits per heavy atom. The van der Waals surface area contributed by atoms with Crippen LogP contribution in [0.4, 0.5) is 18.0 Å². The predicted octanol–water partition coefficient (Wildman–Crippen LogP) is 7.43. The summed E-state index contributed by atoms with van der Waals surface area (Å²) in [5.41, 5.74) is 0. The van der Waals surface area contributed by atoms with Gasteiger partial charge in [0.1, 0.15) is 13.2 Å². The highest BCUT2D eigenvalue weighted by molar-refractivity contribution is 5.70. The maximum Gasteiger partial charge on any atom is 0.409 e. The molecule has 0 aromatic heterocycles. The zero-order valence-electron chi connectivity index (χ0n) is 26.2. The highest BCUT2D eigenvalue weighted by Crippen LogP contribution is 2.23. The normalized spacial score (nSPS) is 14.7. The van der Waals surface area contributed by atoms with Gasteiger partial charge in [-0.1, -0.05) is 90.9 Å². The van der Waals surface area contributed by atoms with E-state index in [1.165, 1.54) is 50.5 Å². The third kappa shape index (κ3) is 19.2. The molecule has 42 heavy (non-hydrogen) atoms. The van der Waals surface area contributed by atoms with E-state index in [2.05, 4.69) is 13.8 Å². The zero-order chi connectivity index (χ0) is 31.2. The Bertz CT molecular complexity index is 747. The number of alkyl halides is 3. The fourth-order valence-electron chi connectivity index (χ4n) is 4.74. The smallest absolute Gasteiger partial charge is 0.409 e. The Morgan fingerprint density at radius 1 is 0.762 bits per heavy atom. The molecule has 0 bridgehead atoms. The molecule has 1 saturated heterocycles. The number of unbranched alkanes of at least 4 members (excludes halogenated alkanes) is 12. The Kier molecular flexibility index (Phi) is 20.3. The number of nitrogens with zero attached hydrogens (tertiary/aromatic N) is 2. The standard InChI is InChI=1S/C31H55F3N2O6/c1-4-6-8-10-12-14-16-18-28(37)40-24-27(42-29(38)19-17-15-13-11-9-7-5-2)25-41-30(39)35(3)26-22-36(23-26)21-20-31(32,33)34/h26-27H,4-25H2,1-3H3. The third-order valence-electron chi connectivity index (χ3n) is 7.58. The Morgan fingerprint density at radius 2 is 1.24 bits per heavy atom. The molecule has 11 heteroatoms. The SMILES string of the molecule is CCCCCCCCCC(=O)OCC(COC(=O)N(C)C1CN(CCC(F)(F)F)C1)OC(=O)CCCCCCCCC. The highest BCUT2D eigenvalue weighted by atomic mass is 19.4. The van der Waals surface area contributed by atoms with Crippen LogP contribution < -0.4 is 0 Å². The zero-order valence-corrected chi connectivity index (χ0v) is 26.2. The van der Waals surface area contributed by atoms with E-state index in [1.807, 2.05) is 0 Å². The number of carbonyl (C=O) groups excluding carboxylic acids is 3. The van der Waals surface area contributed by atoms with Crippen molar-refractivity contribution in [2.24, 2.45) is 0 Å². The number of ether oxygens (including phenoxy) is 3. The van der Waals surface area contributed by atoms with Crippen molar-refractivity contribution in [1.82, 2.24) is 9.80 Å². The van der Waals surface area contributed by atoms with Crippen LogP contribution in [0.1, 0.15) is 123 Å². The summed E-state index contributed by atoms with van der Waals surface area (Å²) >= 11 is 0. The molecule has 0 aromatic rings. The molecule has 1 atom stereocenters. The van der Waals surface area contributed by atoms with Crippen molar-refractivity contribution in [3.05, 3.63) is 0 Å². The predicted molar refractivity (Wildman–Crippen MR) is 156 cm³/mol. The molecule has 0 aliphatic carbocycles. The maximum atomic E-state index is 12.6. The Balaban J connectivity index is 2.45. The highest BCUT2D eigenvalue weighted by Gasteiger charge is 2.36. The second-order valence-electron chi connectivity index (χ2n) is 11.5. The molecule has 1 amide bonds. The number of rotatable bonds is 24. The lowest BCUT2D eigenvalue weighted by molar-refractivity contribution is -0.161. The van der Waals surface area contributed by atoms with Gasteiger partial charge in [0, 0.05) is 39.5 Å². The molecule has 8 nitrogen and oxygen atoms in total. The summed E-state index contributed by atoms with van der Waals surface area (Å²) in [5, 5.41) is 0. The average molecular weight is 609 g/mol. The van der Waals surface area contributed by atoms with Gasteiger partial charge < -0.3 is 19.1 Å². The molecule has 1 rings (SSSR count). The van der Waals surface area contributed by atoms with Crippen LogP contribution in [0.3, 0.4) is 0 Å². The Labute approximate surface area is 251 Å². The number of halogens is 3. The molecular weight excluding hydrogens is 553 g/mol. The molecule has 0 spiro atoms. The molecular formula is C31H55F3N2O6. The van der Waals surface area contributed by atoms with Crippen molar-refractivity contribution in [2.45, 2.75) is 141 Å². The van der Waals surface area contributed by atoms with Gasteiger partial charge in [-0.2, -0.15) is 13.2 Å². The molecule has 246 valence electrons. The van der Waals surface area contributed by atoms with Crippen molar-refractivity contribution < 1.29 is 41.8 Å². The molecule has 1 aliphatic heterocycles. The quantitative estimate of drug-likeness (QED) is 0.0640. The van der Waals surface area contributed by atoms with E-state index in [0.29, 0.717) is 19.5 Å². The van der Waals surface area contributed by atoms with E-state index in [1.54, 1.807) is 4.90 Å². The molecule has 1 unspecified atom stereocenters. The van der Waals surface area contributed by atoms with Gasteiger partial charge in [-0.3, -0.25) is 14.5 Å². The third-order valence-corrected chi connectivity index (χ3v) is 7.58. The van der Waals surface area contributed by atoms with E-state index in [-0.39, 0.29) is 44.6 Å². The first-order valence-corrected chi connectivity index (χ1v) is 16.1. The largest absolute Gasteiger partial charge is 0.462 e. The van der Waals surface area contributed by atoms with Crippen molar-refractivity contribution in [2.75, 3.05) is 39.9 Å². The van der Waals surface area contributed by atoms with Crippen LogP contribution in [-0.4, -0.2) is 86.0 Å². The second-order valence-corrected chi connectivity index (χ2v) is 11.5. The number of esters is 2. The van der Waals surface area contributed by atoms with Crippen LogP contribution in [0.5, 0.6) is 0 Å². The number of hydrogen-bond acceptors (Lipinski definition) is 7. The van der Waals surface area contributed by atoms with Gasteiger partial charge in [0.2, 0.25) is 0 Å². The van der Waals surface area contributed by atoms with Gasteiger partial charge in [-0.15, -0.1) is 0 Å². The van der Waals surface area contributed by atoms with Crippen molar-refractivity contribution in [3.63, 3.8) is 0 Å². The van der Waals surface area contributed by atoms with Gasteiger partial charge >= 0.3 is 24.2 Å². The molecule has 1 fully saturated rings. The monoisotopic (exact) mass is 608 g/mol. The maximum absolute atomic E-state index is 12.6. The molecule has 0 saturated carbocycles. The van der Waals surface area contributed by atoms with Crippen LogP contribution in [0.15, 0.2) is 0 Å². The van der Waals surface area contributed by atoms with Gasteiger partial charge in [0.25, 0.3) is 0 Å². The van der Waals surface area contributed by atoms with Crippen LogP contribution in [-0.2, 0) is 23.8 Å². The fourth-order valence-corrected chi connectivity index (χ4v) is 4.74. The second kappa shape index (κ2) is 22.5. The molecule has 1 heterocycles. The van der Waals surface area contributed by atoms with E-state index < -0.39 is 30.8 Å². The minimum atomic E-state index is -4.21. The first-order valence-electron chi connectivity index (χ1n) is 16.1. The van der Waals surface area contributed by atoms with Crippen molar-refractivity contribution >= 4 is 18.0 Å². The lowest BCUT2D eigenvalue weighted by atomic mass is 10.1. The van der Waals surface area contributed by atoms with Crippen LogP contribution in [0.2, 0.25) is 0 Å². The summed E-state index contributed by atoms with van der Waals surface area (Å²) in [6.45, 7) is 4.40. The minimum absolute atomic E-state index is 0.107. The molecule has 0 radical (unpaired) electrons. The molecule has 0 N–H and O–H groups in total. The van der Waals surface area contributed by atoms with Crippen molar-refractivity contribution in [1.29, 1.82) is 0 Å². The summed E-state index contributed by atoms with van der Waals surface area (Å²) in [6.07, 6.45) is 8.77. The van der Waals surface area contributed by atoms with Gasteiger partial charge in [-0.25, -0.2) is 4.79 Å². The van der Waals surface area contributed by atoms with Crippen molar-refractivity contribution in [3.8, 4) is 0 Å².